The molecule has 0 aromatic heterocycles. The highest BCUT2D eigenvalue weighted by Crippen LogP contribution is 2.46. The predicted octanol–water partition coefficient (Wildman–Crippen LogP) is 3.96. The van der Waals surface area contributed by atoms with Crippen LogP contribution in [-0.4, -0.2) is 59.7 Å². The summed E-state index contributed by atoms with van der Waals surface area (Å²) in [5.41, 5.74) is 1.12. The zero-order valence-corrected chi connectivity index (χ0v) is 21.6. The summed E-state index contributed by atoms with van der Waals surface area (Å²) >= 11 is 0. The monoisotopic (exact) mass is 490 g/mol. The van der Waals surface area contributed by atoms with E-state index in [-0.39, 0.29) is 28.2 Å². The van der Waals surface area contributed by atoms with Gasteiger partial charge in [0.1, 0.15) is 0 Å². The van der Waals surface area contributed by atoms with Crippen molar-refractivity contribution < 1.29 is 35.3 Å². The normalized spacial score (nSPS) is 20.0. The van der Waals surface area contributed by atoms with E-state index in [2.05, 4.69) is 18.4 Å². The molecule has 0 spiro atoms. The number of nitrogens with zero attached hydrogens (tertiary/aromatic N) is 1. The van der Waals surface area contributed by atoms with Gasteiger partial charge in [0.15, 0.2) is 11.3 Å². The molecule has 0 bridgehead atoms. The van der Waals surface area contributed by atoms with Crippen LogP contribution in [0.5, 0.6) is 0 Å². The van der Waals surface area contributed by atoms with Gasteiger partial charge in [-0.15, -0.1) is 0 Å². The standard InChI is InChI=1S/C22H35NO7S2/c1-16-22(7,11-8-14-31(24,25)26)18-15-17(32(27,28)29)9-10-19(18)23(16)21(5,6)12-13-30-20(2,3)4/h9-10,15H,8,11-14H2,1-7H3,(H-,24,25,26,27,28,29)/p+1. The van der Waals surface area contributed by atoms with E-state index in [0.29, 0.717) is 25.0 Å². The van der Waals surface area contributed by atoms with Gasteiger partial charge in [-0.05, 0) is 52.7 Å². The molecule has 1 aliphatic rings. The van der Waals surface area contributed by atoms with Gasteiger partial charge in [0.25, 0.3) is 20.2 Å². The summed E-state index contributed by atoms with van der Waals surface area (Å²) in [4.78, 5) is -0.208. The Balaban J connectivity index is 2.55. The minimum atomic E-state index is -4.40. The smallest absolute Gasteiger partial charge is 0.294 e. The molecule has 1 aliphatic heterocycles. The topological polar surface area (TPSA) is 121 Å². The largest absolute Gasteiger partial charge is 0.376 e. The quantitative estimate of drug-likeness (QED) is 0.397. The molecule has 0 radical (unpaired) electrons. The fourth-order valence-corrected chi connectivity index (χ4v) is 5.37. The summed E-state index contributed by atoms with van der Waals surface area (Å²) in [7, 11) is -8.52. The third-order valence-corrected chi connectivity index (χ3v) is 7.82. The summed E-state index contributed by atoms with van der Waals surface area (Å²) in [6, 6.07) is 4.52. The molecule has 8 nitrogen and oxygen atoms in total. The lowest BCUT2D eigenvalue weighted by molar-refractivity contribution is -0.526. The molecule has 1 aromatic rings. The maximum absolute atomic E-state index is 11.8. The third kappa shape index (κ3) is 6.17. The van der Waals surface area contributed by atoms with Crippen LogP contribution in [0.2, 0.25) is 0 Å². The molecule has 1 aromatic carbocycles. The van der Waals surface area contributed by atoms with Gasteiger partial charge in [-0.3, -0.25) is 9.11 Å². The fraction of sp³-hybridized carbons (Fsp3) is 0.682. The molecule has 1 heterocycles. The van der Waals surface area contributed by atoms with E-state index in [1.807, 2.05) is 34.6 Å². The van der Waals surface area contributed by atoms with Crippen molar-refractivity contribution in [3.63, 3.8) is 0 Å². The Hall–Kier alpha value is -1.33. The lowest BCUT2D eigenvalue weighted by Gasteiger charge is -2.26. The molecule has 1 atom stereocenters. The first kappa shape index (κ1) is 26.9. The molecular weight excluding hydrogens is 454 g/mol. The van der Waals surface area contributed by atoms with E-state index in [1.165, 1.54) is 12.1 Å². The number of hydrogen-bond donors (Lipinski definition) is 2. The van der Waals surface area contributed by atoms with Crippen molar-refractivity contribution in [3.8, 4) is 0 Å². The molecule has 1 unspecified atom stereocenters. The first-order chi connectivity index (χ1) is 14.3. The molecule has 182 valence electrons. The van der Waals surface area contributed by atoms with Crippen molar-refractivity contribution in [2.75, 3.05) is 12.4 Å². The van der Waals surface area contributed by atoms with Gasteiger partial charge in [0, 0.05) is 38.8 Å². The van der Waals surface area contributed by atoms with Crippen LogP contribution >= 0.6 is 0 Å². The molecule has 2 rings (SSSR count). The van der Waals surface area contributed by atoms with Crippen LogP contribution in [0.1, 0.15) is 73.3 Å². The highest BCUT2D eigenvalue weighted by molar-refractivity contribution is 7.86. The first-order valence-corrected chi connectivity index (χ1v) is 13.7. The maximum Gasteiger partial charge on any atom is 0.294 e. The lowest BCUT2D eigenvalue weighted by Crippen LogP contribution is -2.40. The van der Waals surface area contributed by atoms with E-state index >= 15 is 0 Å². The molecule has 10 heteroatoms. The molecule has 0 aliphatic carbocycles. The maximum atomic E-state index is 11.8. The Morgan fingerprint density at radius 3 is 2.16 bits per heavy atom. The molecule has 0 amide bonds. The third-order valence-electron chi connectivity index (χ3n) is 6.17. The summed E-state index contributed by atoms with van der Waals surface area (Å²) in [6.45, 7) is 14.5. The van der Waals surface area contributed by atoms with Crippen molar-refractivity contribution in [2.24, 2.45) is 0 Å². The number of benzene rings is 1. The van der Waals surface area contributed by atoms with Gasteiger partial charge < -0.3 is 4.74 Å². The Labute approximate surface area is 192 Å². The van der Waals surface area contributed by atoms with E-state index in [4.69, 9.17) is 9.29 Å². The summed E-state index contributed by atoms with van der Waals surface area (Å²) in [5.74, 6) is -0.383. The Morgan fingerprint density at radius 2 is 1.66 bits per heavy atom. The van der Waals surface area contributed by atoms with Gasteiger partial charge in [-0.2, -0.15) is 21.4 Å². The van der Waals surface area contributed by atoms with Crippen LogP contribution in [-0.2, 0) is 30.4 Å². The number of ether oxygens (including phenoxy) is 1. The van der Waals surface area contributed by atoms with Gasteiger partial charge in [0.05, 0.1) is 28.3 Å². The minimum Gasteiger partial charge on any atom is -0.376 e. The second-order valence-corrected chi connectivity index (χ2v) is 13.3. The molecule has 0 fully saturated rings. The van der Waals surface area contributed by atoms with Gasteiger partial charge in [-0.25, -0.2) is 0 Å². The van der Waals surface area contributed by atoms with Crippen molar-refractivity contribution in [1.29, 1.82) is 0 Å². The van der Waals surface area contributed by atoms with Crippen molar-refractivity contribution >= 4 is 31.6 Å². The van der Waals surface area contributed by atoms with Crippen LogP contribution in [0.15, 0.2) is 23.1 Å². The SMILES string of the molecule is CC1=[N+](C(C)(C)CCOC(C)(C)C)c2ccc(S(=O)(=O)O)cc2C1(C)CCCS(=O)(=O)O. The van der Waals surface area contributed by atoms with Crippen LogP contribution < -0.4 is 0 Å². The highest BCUT2D eigenvalue weighted by atomic mass is 32.2. The van der Waals surface area contributed by atoms with E-state index < -0.39 is 25.7 Å². The van der Waals surface area contributed by atoms with Crippen molar-refractivity contribution in [1.82, 2.24) is 0 Å². The first-order valence-electron chi connectivity index (χ1n) is 10.6. The zero-order valence-electron chi connectivity index (χ0n) is 20.0. The number of hydrogen-bond acceptors (Lipinski definition) is 5. The zero-order chi connectivity index (χ0) is 24.8. The van der Waals surface area contributed by atoms with Crippen molar-refractivity contribution in [3.05, 3.63) is 23.8 Å². The molecule has 2 N–H and O–H groups in total. The molecule has 32 heavy (non-hydrogen) atoms. The van der Waals surface area contributed by atoms with Gasteiger partial charge >= 0.3 is 0 Å². The Bertz CT molecular complexity index is 1110. The summed E-state index contributed by atoms with van der Waals surface area (Å²) < 4.78 is 72.9. The van der Waals surface area contributed by atoms with E-state index in [0.717, 1.165) is 11.4 Å². The average Bonchev–Trinajstić information content (AvgIpc) is 2.79. The van der Waals surface area contributed by atoms with Crippen LogP contribution in [0.25, 0.3) is 0 Å². The molecule has 0 saturated heterocycles. The predicted molar refractivity (Wildman–Crippen MR) is 124 cm³/mol. The van der Waals surface area contributed by atoms with Crippen LogP contribution in [0, 0.1) is 0 Å². The summed E-state index contributed by atoms with van der Waals surface area (Å²) in [5, 5.41) is 0. The number of fused-ring (bicyclic) bond motifs is 1. The number of rotatable bonds is 9. The van der Waals surface area contributed by atoms with Crippen molar-refractivity contribution in [2.45, 2.75) is 89.2 Å². The molecular formula is C22H36NO7S2+. The van der Waals surface area contributed by atoms with Crippen LogP contribution in [0.4, 0.5) is 5.69 Å². The Morgan fingerprint density at radius 1 is 1.06 bits per heavy atom. The minimum absolute atomic E-state index is 0.198. The highest BCUT2D eigenvalue weighted by Gasteiger charge is 2.51. The fourth-order valence-electron chi connectivity index (χ4n) is 4.36. The van der Waals surface area contributed by atoms with Crippen LogP contribution in [0.3, 0.4) is 0 Å². The van der Waals surface area contributed by atoms with Gasteiger partial charge in [-0.1, -0.05) is 0 Å². The van der Waals surface area contributed by atoms with Gasteiger partial charge in [0.2, 0.25) is 5.69 Å². The average molecular weight is 491 g/mol. The summed E-state index contributed by atoms with van der Waals surface area (Å²) in [6.07, 6.45) is 1.28. The Kier molecular flexibility index (Phi) is 7.40. The second-order valence-electron chi connectivity index (χ2n) is 10.3. The molecule has 0 saturated carbocycles. The van der Waals surface area contributed by atoms with E-state index in [1.54, 1.807) is 6.07 Å². The second kappa shape index (κ2) is 8.79. The lowest BCUT2D eigenvalue weighted by atomic mass is 9.76. The van der Waals surface area contributed by atoms with E-state index in [9.17, 15) is 21.4 Å².